The number of benzene rings is 5. The van der Waals surface area contributed by atoms with E-state index in [2.05, 4.69) is 40.6 Å². The number of aromatic amines is 1. The Morgan fingerprint density at radius 3 is 2.30 bits per heavy atom. The van der Waals surface area contributed by atoms with Gasteiger partial charge in [-0.15, -0.1) is 0 Å². The molecule has 2 N–H and O–H groups in total. The smallest absolute Gasteiger partial charge is 1.00 e. The number of carbonyl (C=O) groups excluding carboxylic acids is 2. The van der Waals surface area contributed by atoms with Crippen molar-refractivity contribution in [2.24, 2.45) is 0 Å². The van der Waals surface area contributed by atoms with E-state index in [0.29, 0.717) is 34.9 Å². The first-order valence-electron chi connectivity index (χ1n) is 14.0. The molecule has 8 heteroatoms. The molecule has 0 aliphatic heterocycles. The van der Waals surface area contributed by atoms with E-state index in [-0.39, 0.29) is 36.8 Å². The molecule has 0 spiro atoms. The number of fused-ring (bicyclic) bond motifs is 3. The maximum Gasteiger partial charge on any atom is 1.00 e. The number of hydrogen-bond donors (Lipinski definition) is 2. The largest absolute Gasteiger partial charge is 1.00 e. The van der Waals surface area contributed by atoms with Gasteiger partial charge in [0.2, 0.25) is 0 Å². The van der Waals surface area contributed by atoms with Crippen molar-refractivity contribution in [3.63, 3.8) is 0 Å². The van der Waals surface area contributed by atoms with Crippen LogP contribution in [0.15, 0.2) is 115 Å². The molecule has 0 aliphatic carbocycles. The van der Waals surface area contributed by atoms with Crippen molar-refractivity contribution >= 4 is 39.2 Å². The van der Waals surface area contributed by atoms with Crippen LogP contribution in [0.4, 0.5) is 10.1 Å². The van der Waals surface area contributed by atoms with Crippen LogP contribution in [0.1, 0.15) is 29.8 Å². The van der Waals surface area contributed by atoms with Crippen LogP contribution in [0.2, 0.25) is 0 Å². The monoisotopic (exact) mass is 596 g/mol. The first kappa shape index (κ1) is 31.0. The molecular formula is C36H30FN2NaO4. The fraction of sp³-hybridized carbons (Fsp3) is 0.111. The zero-order valence-corrected chi connectivity index (χ0v) is 26.5. The van der Waals surface area contributed by atoms with Crippen molar-refractivity contribution in [3.8, 4) is 11.5 Å². The van der Waals surface area contributed by atoms with Crippen molar-refractivity contribution in [3.05, 3.63) is 138 Å². The number of nitrogens with one attached hydrogen (secondary N) is 2. The number of halogens is 1. The fourth-order valence-electron chi connectivity index (χ4n) is 5.09. The minimum absolute atomic E-state index is 0. The number of carbonyl (C=O) groups is 2. The van der Waals surface area contributed by atoms with Gasteiger partial charge in [0.15, 0.2) is 5.78 Å². The normalized spacial score (nSPS) is 11.5. The van der Waals surface area contributed by atoms with Crippen LogP contribution in [0, 0.1) is 5.82 Å². The summed E-state index contributed by atoms with van der Waals surface area (Å²) >= 11 is 0. The molecule has 0 saturated carbocycles. The zero-order chi connectivity index (χ0) is 29.8. The van der Waals surface area contributed by atoms with Gasteiger partial charge in [-0.25, -0.2) is 9.18 Å². The Morgan fingerprint density at radius 1 is 0.818 bits per heavy atom. The van der Waals surface area contributed by atoms with Crippen molar-refractivity contribution in [2.45, 2.75) is 19.4 Å². The number of esters is 1. The maximum atomic E-state index is 13.3. The van der Waals surface area contributed by atoms with Crippen molar-refractivity contribution < 1.29 is 54.4 Å². The molecular weight excluding hydrogens is 566 g/mol. The topological polar surface area (TPSA) is 80.4 Å². The second-order valence-electron chi connectivity index (χ2n) is 10.2. The predicted molar refractivity (Wildman–Crippen MR) is 168 cm³/mol. The first-order valence-corrected chi connectivity index (χ1v) is 14.0. The summed E-state index contributed by atoms with van der Waals surface area (Å²) in [5.41, 5.74) is 4.62. The summed E-state index contributed by atoms with van der Waals surface area (Å²) in [6.07, 6.45) is 0.731. The summed E-state index contributed by atoms with van der Waals surface area (Å²) in [5.74, 6) is -0.160. The van der Waals surface area contributed by atoms with E-state index in [0.717, 1.165) is 17.5 Å². The molecule has 44 heavy (non-hydrogen) atoms. The summed E-state index contributed by atoms with van der Waals surface area (Å²) in [6, 6.07) is 32.9. The zero-order valence-electron chi connectivity index (χ0n) is 25.5. The van der Waals surface area contributed by atoms with E-state index in [1.807, 2.05) is 12.1 Å². The number of aromatic nitrogens is 1. The number of hydrogen-bond acceptors (Lipinski definition) is 5. The fourth-order valence-corrected chi connectivity index (χ4v) is 5.09. The van der Waals surface area contributed by atoms with E-state index < -0.39 is 17.8 Å². The van der Waals surface area contributed by atoms with E-state index in [9.17, 15) is 14.0 Å². The van der Waals surface area contributed by atoms with Gasteiger partial charge in [-0.3, -0.25) is 4.79 Å². The molecule has 0 aliphatic rings. The summed E-state index contributed by atoms with van der Waals surface area (Å²) in [6.45, 7) is 2.15. The molecule has 0 amide bonds. The average molecular weight is 597 g/mol. The van der Waals surface area contributed by atoms with Crippen LogP contribution in [0.3, 0.4) is 0 Å². The molecule has 0 radical (unpaired) electrons. The van der Waals surface area contributed by atoms with Gasteiger partial charge < -0.3 is 21.2 Å². The Hall–Kier alpha value is -4.43. The standard InChI is InChI=1S/C36H29FN2O4.Na.H/c1-23(38-33-12-5-3-9-31(33)35(40)25-13-15-26(37)16-14-25)36(41)43-28-19-17-27(18-20-28)42-22-21-24-7-6-10-30-29-8-2-4-11-32(29)39-34(24)30;;/h2-20,23,38-39H,21-22H2,1H3;;/q;+1;-1. The number of ketones is 1. The van der Waals surface area contributed by atoms with Crippen LogP contribution in [0.25, 0.3) is 21.8 Å². The van der Waals surface area contributed by atoms with E-state index >= 15 is 0 Å². The summed E-state index contributed by atoms with van der Waals surface area (Å²) in [7, 11) is 0. The molecule has 6 nitrogen and oxygen atoms in total. The predicted octanol–water partition coefficient (Wildman–Crippen LogP) is 4.84. The quantitative estimate of drug-likeness (QED) is 0.103. The minimum atomic E-state index is -0.745. The molecule has 1 aromatic heterocycles. The molecule has 1 unspecified atom stereocenters. The number of anilines is 1. The number of ether oxygens (including phenoxy) is 2. The number of rotatable bonds is 10. The maximum absolute atomic E-state index is 13.3. The molecule has 0 saturated heterocycles. The third-order valence-electron chi connectivity index (χ3n) is 7.31. The van der Waals surface area contributed by atoms with Gasteiger partial charge in [0.05, 0.1) is 6.61 Å². The Morgan fingerprint density at radius 2 is 1.50 bits per heavy atom. The summed E-state index contributed by atoms with van der Waals surface area (Å²) in [5, 5.41) is 5.48. The average Bonchev–Trinajstić information content (AvgIpc) is 3.42. The Bertz CT molecular complexity index is 1930. The van der Waals surface area contributed by atoms with Crippen LogP contribution in [-0.4, -0.2) is 29.4 Å². The first-order chi connectivity index (χ1) is 21.0. The van der Waals surface area contributed by atoms with E-state index in [1.54, 1.807) is 55.5 Å². The van der Waals surface area contributed by atoms with Crippen LogP contribution in [0.5, 0.6) is 11.5 Å². The summed E-state index contributed by atoms with van der Waals surface area (Å²) < 4.78 is 24.9. The van der Waals surface area contributed by atoms with Crippen LogP contribution in [-0.2, 0) is 11.2 Å². The molecule has 5 aromatic carbocycles. The second-order valence-corrected chi connectivity index (χ2v) is 10.2. The van der Waals surface area contributed by atoms with Crippen LogP contribution < -0.4 is 44.3 Å². The van der Waals surface area contributed by atoms with E-state index in [4.69, 9.17) is 9.47 Å². The van der Waals surface area contributed by atoms with Crippen molar-refractivity contribution in [2.75, 3.05) is 11.9 Å². The molecule has 1 atom stereocenters. The molecule has 6 rings (SSSR count). The second kappa shape index (κ2) is 13.9. The number of para-hydroxylation sites is 3. The van der Waals surface area contributed by atoms with E-state index in [1.165, 1.54) is 40.6 Å². The van der Waals surface area contributed by atoms with Gasteiger partial charge in [0.25, 0.3) is 0 Å². The van der Waals surface area contributed by atoms with Crippen molar-refractivity contribution in [1.82, 2.24) is 4.98 Å². The Balaban J connectivity index is 0.00000230. The van der Waals surface area contributed by atoms with Gasteiger partial charge in [-0.1, -0.05) is 48.5 Å². The Kier molecular flexibility index (Phi) is 9.80. The molecule has 0 bridgehead atoms. The van der Waals surface area contributed by atoms with Gasteiger partial charge in [-0.05, 0) is 79.2 Å². The van der Waals surface area contributed by atoms with Gasteiger partial charge in [-0.2, -0.15) is 0 Å². The third kappa shape index (κ3) is 6.86. The number of H-pyrrole nitrogens is 1. The SMILES string of the molecule is CC(Nc1ccccc1C(=O)c1ccc(F)cc1)C(=O)Oc1ccc(OCCc2cccc3c2[nH]c2ccccc23)cc1.[H-].[Na+]. The van der Waals surface area contributed by atoms with Gasteiger partial charge in [0.1, 0.15) is 23.4 Å². The van der Waals surface area contributed by atoms with Gasteiger partial charge in [0, 0.05) is 45.0 Å². The van der Waals surface area contributed by atoms with Crippen LogP contribution >= 0.6 is 0 Å². The molecule has 1 heterocycles. The van der Waals surface area contributed by atoms with Crippen molar-refractivity contribution in [1.29, 1.82) is 0 Å². The molecule has 0 fully saturated rings. The minimum Gasteiger partial charge on any atom is -1.00 e. The summed E-state index contributed by atoms with van der Waals surface area (Å²) in [4.78, 5) is 29.4. The molecule has 216 valence electrons. The third-order valence-corrected chi connectivity index (χ3v) is 7.31. The Labute approximate surface area is 278 Å². The van der Waals surface area contributed by atoms with Gasteiger partial charge >= 0.3 is 35.5 Å². The molecule has 6 aromatic rings.